The molecule has 1 saturated heterocycles. The standard InChI is InChI=1S/C14H19BrN2O3S/c1-11-10-12(5-6-13(11)15)21(19,20)16-7-3-9-17-8-2-4-14(17)18/h5-6,10,16H,2-4,7-9H2,1H3. The minimum absolute atomic E-state index is 0.168. The van der Waals surface area contributed by atoms with Crippen LogP contribution in [0.25, 0.3) is 0 Å². The first kappa shape index (κ1) is 16.5. The smallest absolute Gasteiger partial charge is 0.240 e. The van der Waals surface area contributed by atoms with Gasteiger partial charge in [0, 0.05) is 30.5 Å². The zero-order chi connectivity index (χ0) is 15.5. The molecular weight excluding hydrogens is 356 g/mol. The summed E-state index contributed by atoms with van der Waals surface area (Å²) in [5, 5.41) is 0. The number of carbonyl (C=O) groups excluding carboxylic acids is 1. The zero-order valence-corrected chi connectivity index (χ0v) is 14.3. The minimum Gasteiger partial charge on any atom is -0.343 e. The molecule has 21 heavy (non-hydrogen) atoms. The second kappa shape index (κ2) is 6.89. The average molecular weight is 375 g/mol. The molecule has 116 valence electrons. The van der Waals surface area contributed by atoms with Gasteiger partial charge in [0.1, 0.15) is 0 Å². The van der Waals surface area contributed by atoms with E-state index in [0.29, 0.717) is 25.9 Å². The molecule has 5 nitrogen and oxygen atoms in total. The molecule has 0 saturated carbocycles. The molecular formula is C14H19BrN2O3S. The number of likely N-dealkylation sites (tertiary alicyclic amines) is 1. The molecule has 0 radical (unpaired) electrons. The zero-order valence-electron chi connectivity index (χ0n) is 11.9. The van der Waals surface area contributed by atoms with Crippen molar-refractivity contribution in [3.63, 3.8) is 0 Å². The Morgan fingerprint density at radius 1 is 1.38 bits per heavy atom. The summed E-state index contributed by atoms with van der Waals surface area (Å²) < 4.78 is 27.8. The third-order valence-corrected chi connectivity index (χ3v) is 5.86. The van der Waals surface area contributed by atoms with Crippen LogP contribution in [0.15, 0.2) is 27.6 Å². The fourth-order valence-electron chi connectivity index (χ4n) is 2.28. The Hall–Kier alpha value is -0.920. The van der Waals surface area contributed by atoms with Gasteiger partial charge in [-0.05, 0) is 43.5 Å². The van der Waals surface area contributed by atoms with E-state index in [0.717, 1.165) is 23.0 Å². The number of hydrogen-bond acceptors (Lipinski definition) is 3. The maximum atomic E-state index is 12.1. The summed E-state index contributed by atoms with van der Waals surface area (Å²) in [6, 6.07) is 4.94. The molecule has 7 heteroatoms. The third-order valence-electron chi connectivity index (χ3n) is 3.51. The van der Waals surface area contributed by atoms with Gasteiger partial charge in [0.2, 0.25) is 15.9 Å². The number of aryl methyl sites for hydroxylation is 1. The Labute approximate surface area is 133 Å². The van der Waals surface area contributed by atoms with Gasteiger partial charge in [-0.1, -0.05) is 15.9 Å². The first-order valence-electron chi connectivity index (χ1n) is 6.94. The summed E-state index contributed by atoms with van der Waals surface area (Å²) in [6.45, 7) is 3.58. The highest BCUT2D eigenvalue weighted by Crippen LogP contribution is 2.19. The Kier molecular flexibility index (Phi) is 5.40. The molecule has 1 aromatic carbocycles. The third kappa shape index (κ3) is 4.28. The molecule has 1 heterocycles. The van der Waals surface area contributed by atoms with Crippen LogP contribution >= 0.6 is 15.9 Å². The van der Waals surface area contributed by atoms with E-state index in [1.54, 1.807) is 23.1 Å². The second-order valence-electron chi connectivity index (χ2n) is 5.15. The SMILES string of the molecule is Cc1cc(S(=O)(=O)NCCCN2CCCC2=O)ccc1Br. The molecule has 1 fully saturated rings. The van der Waals surface area contributed by atoms with Gasteiger partial charge in [0.15, 0.2) is 0 Å². The van der Waals surface area contributed by atoms with Gasteiger partial charge >= 0.3 is 0 Å². The normalized spacial score (nSPS) is 15.7. The molecule has 0 atom stereocenters. The maximum Gasteiger partial charge on any atom is 0.240 e. The van der Waals surface area contributed by atoms with E-state index < -0.39 is 10.0 Å². The summed E-state index contributed by atoms with van der Waals surface area (Å²) in [5.41, 5.74) is 0.875. The first-order chi connectivity index (χ1) is 9.90. The van der Waals surface area contributed by atoms with E-state index in [9.17, 15) is 13.2 Å². The van der Waals surface area contributed by atoms with Gasteiger partial charge in [0.05, 0.1) is 4.90 Å². The Morgan fingerprint density at radius 3 is 2.76 bits per heavy atom. The van der Waals surface area contributed by atoms with Crippen LogP contribution in [0.1, 0.15) is 24.8 Å². The Balaban J connectivity index is 1.86. The molecule has 0 aromatic heterocycles. The lowest BCUT2D eigenvalue weighted by Gasteiger charge is -2.15. The van der Waals surface area contributed by atoms with Crippen LogP contribution in [0.5, 0.6) is 0 Å². The molecule has 0 unspecified atom stereocenters. The second-order valence-corrected chi connectivity index (χ2v) is 7.77. The molecule has 1 amide bonds. The van der Waals surface area contributed by atoms with Crippen molar-refractivity contribution in [1.29, 1.82) is 0 Å². The Morgan fingerprint density at radius 2 is 2.14 bits per heavy atom. The number of halogens is 1. The number of benzene rings is 1. The van der Waals surface area contributed by atoms with Crippen LogP contribution in [0.2, 0.25) is 0 Å². The number of sulfonamides is 1. The van der Waals surface area contributed by atoms with Crippen molar-refractivity contribution < 1.29 is 13.2 Å². The molecule has 0 bridgehead atoms. The fourth-order valence-corrected chi connectivity index (χ4v) is 3.69. The number of nitrogens with one attached hydrogen (secondary N) is 1. The van der Waals surface area contributed by atoms with Crippen molar-refractivity contribution in [2.75, 3.05) is 19.6 Å². The van der Waals surface area contributed by atoms with Gasteiger partial charge in [-0.15, -0.1) is 0 Å². The van der Waals surface area contributed by atoms with Crippen molar-refractivity contribution in [1.82, 2.24) is 9.62 Å². The van der Waals surface area contributed by atoms with E-state index >= 15 is 0 Å². The molecule has 0 aliphatic carbocycles. The van der Waals surface area contributed by atoms with E-state index in [4.69, 9.17) is 0 Å². The molecule has 1 aliphatic rings. The minimum atomic E-state index is -3.48. The van der Waals surface area contributed by atoms with E-state index in [-0.39, 0.29) is 10.8 Å². The lowest BCUT2D eigenvalue weighted by atomic mass is 10.2. The van der Waals surface area contributed by atoms with Crippen molar-refractivity contribution >= 4 is 31.9 Å². The summed E-state index contributed by atoms with van der Waals surface area (Å²) in [6.07, 6.45) is 2.15. The van der Waals surface area contributed by atoms with Crippen molar-refractivity contribution in [2.24, 2.45) is 0 Å². The summed E-state index contributed by atoms with van der Waals surface area (Å²) >= 11 is 3.35. The van der Waals surface area contributed by atoms with Crippen molar-refractivity contribution in [2.45, 2.75) is 31.1 Å². The summed E-state index contributed by atoms with van der Waals surface area (Å²) in [7, 11) is -3.48. The number of rotatable bonds is 6. The number of carbonyl (C=O) groups is 1. The van der Waals surface area contributed by atoms with E-state index in [2.05, 4.69) is 20.7 Å². The van der Waals surface area contributed by atoms with Gasteiger partial charge in [-0.25, -0.2) is 13.1 Å². The predicted molar refractivity (Wildman–Crippen MR) is 84.5 cm³/mol. The highest BCUT2D eigenvalue weighted by Gasteiger charge is 2.20. The van der Waals surface area contributed by atoms with Crippen LogP contribution in [0.3, 0.4) is 0 Å². The van der Waals surface area contributed by atoms with Crippen LogP contribution < -0.4 is 4.72 Å². The van der Waals surface area contributed by atoms with Crippen LogP contribution in [0.4, 0.5) is 0 Å². The monoisotopic (exact) mass is 374 g/mol. The predicted octanol–water partition coefficient (Wildman–Crippen LogP) is 2.05. The molecule has 0 spiro atoms. The van der Waals surface area contributed by atoms with Crippen molar-refractivity contribution in [3.8, 4) is 0 Å². The maximum absolute atomic E-state index is 12.1. The van der Waals surface area contributed by atoms with Gasteiger partial charge in [0.25, 0.3) is 0 Å². The number of nitrogens with zero attached hydrogens (tertiary/aromatic N) is 1. The summed E-state index contributed by atoms with van der Waals surface area (Å²) in [4.78, 5) is 13.5. The highest BCUT2D eigenvalue weighted by molar-refractivity contribution is 9.10. The fraction of sp³-hybridized carbons (Fsp3) is 0.500. The molecule has 1 aromatic rings. The van der Waals surface area contributed by atoms with Gasteiger partial charge in [-0.2, -0.15) is 0 Å². The van der Waals surface area contributed by atoms with E-state index in [1.807, 2.05) is 6.92 Å². The quantitative estimate of drug-likeness (QED) is 0.774. The lowest BCUT2D eigenvalue weighted by Crippen LogP contribution is -2.30. The lowest BCUT2D eigenvalue weighted by molar-refractivity contribution is -0.127. The largest absolute Gasteiger partial charge is 0.343 e. The molecule has 2 rings (SSSR count). The van der Waals surface area contributed by atoms with Crippen LogP contribution in [-0.2, 0) is 14.8 Å². The summed E-state index contributed by atoms with van der Waals surface area (Å²) in [5.74, 6) is 0.168. The topological polar surface area (TPSA) is 66.5 Å². The van der Waals surface area contributed by atoms with Crippen LogP contribution in [0, 0.1) is 6.92 Å². The number of amides is 1. The van der Waals surface area contributed by atoms with Crippen molar-refractivity contribution in [3.05, 3.63) is 28.2 Å². The molecule has 1 aliphatic heterocycles. The van der Waals surface area contributed by atoms with E-state index in [1.165, 1.54) is 0 Å². The Bertz CT molecular complexity index is 631. The molecule has 1 N–H and O–H groups in total. The average Bonchev–Trinajstić information content (AvgIpc) is 2.83. The van der Waals surface area contributed by atoms with Gasteiger partial charge < -0.3 is 4.90 Å². The number of hydrogen-bond donors (Lipinski definition) is 1. The first-order valence-corrected chi connectivity index (χ1v) is 9.21. The highest BCUT2D eigenvalue weighted by atomic mass is 79.9. The van der Waals surface area contributed by atoms with Crippen LogP contribution in [-0.4, -0.2) is 38.9 Å². The van der Waals surface area contributed by atoms with Gasteiger partial charge in [-0.3, -0.25) is 4.79 Å².